The lowest BCUT2D eigenvalue weighted by molar-refractivity contribution is 0.661. The summed E-state index contributed by atoms with van der Waals surface area (Å²) in [7, 11) is 0. The molecule has 0 heterocycles. The van der Waals surface area contributed by atoms with Gasteiger partial charge in [-0.3, -0.25) is 0 Å². The molecule has 1 nitrogen and oxygen atoms in total. The maximum Gasteiger partial charge on any atom is 0.0543 e. The van der Waals surface area contributed by atoms with Crippen molar-refractivity contribution in [1.82, 2.24) is 0 Å². The van der Waals surface area contributed by atoms with Crippen molar-refractivity contribution in [3.63, 3.8) is 0 Å². The predicted molar refractivity (Wildman–Crippen MR) is 226 cm³/mol. The summed E-state index contributed by atoms with van der Waals surface area (Å²) in [5.41, 5.74) is 14.3. The first-order valence-electron chi connectivity index (χ1n) is 18.9. The molecule has 0 fully saturated rings. The normalized spacial score (nSPS) is 14.7. The lowest BCUT2D eigenvalue weighted by Crippen LogP contribution is -2.17. The third-order valence-corrected chi connectivity index (χ3v) is 12.5. The van der Waals surface area contributed by atoms with Crippen LogP contribution in [0.15, 0.2) is 164 Å². The summed E-state index contributed by atoms with van der Waals surface area (Å²) in [5, 5.41) is 10.4. The molecule has 0 spiro atoms. The van der Waals surface area contributed by atoms with Crippen molar-refractivity contribution < 1.29 is 0 Å². The summed E-state index contributed by atoms with van der Waals surface area (Å²) in [6, 6.07) is 61.3. The van der Waals surface area contributed by atoms with E-state index in [1.165, 1.54) is 93.3 Å². The molecule has 0 N–H and O–H groups in total. The smallest absolute Gasteiger partial charge is 0.0543 e. The van der Waals surface area contributed by atoms with Gasteiger partial charge in [0.25, 0.3) is 0 Å². The molecular formula is C52H39N. The Labute approximate surface area is 310 Å². The van der Waals surface area contributed by atoms with Gasteiger partial charge in [-0.25, -0.2) is 0 Å². The molecule has 1 heteroatoms. The number of hydrogen-bond donors (Lipinski definition) is 0. The number of para-hydroxylation sites is 1. The highest BCUT2D eigenvalue weighted by Gasteiger charge is 2.40. The first-order chi connectivity index (χ1) is 25.8. The lowest BCUT2D eigenvalue weighted by Gasteiger charge is -2.30. The highest BCUT2D eigenvalue weighted by Crippen LogP contribution is 2.57. The molecule has 9 aromatic carbocycles. The van der Waals surface area contributed by atoms with Gasteiger partial charge in [0.1, 0.15) is 0 Å². The molecule has 252 valence electrons. The van der Waals surface area contributed by atoms with Crippen LogP contribution >= 0.6 is 0 Å². The number of anilines is 3. The Bertz CT molecular complexity index is 3000. The average molecular weight is 678 g/mol. The molecule has 0 bridgehead atoms. The molecule has 2 aliphatic carbocycles. The van der Waals surface area contributed by atoms with Crippen LogP contribution in [-0.2, 0) is 10.8 Å². The van der Waals surface area contributed by atoms with Crippen LogP contribution in [-0.4, -0.2) is 0 Å². The van der Waals surface area contributed by atoms with E-state index in [-0.39, 0.29) is 10.8 Å². The van der Waals surface area contributed by atoms with Gasteiger partial charge in [0.15, 0.2) is 0 Å². The Morgan fingerprint density at radius 2 is 0.906 bits per heavy atom. The second kappa shape index (κ2) is 10.7. The minimum atomic E-state index is -0.162. The monoisotopic (exact) mass is 677 g/mol. The van der Waals surface area contributed by atoms with Crippen LogP contribution in [0.4, 0.5) is 17.1 Å². The summed E-state index contributed by atoms with van der Waals surface area (Å²) in [6.07, 6.45) is 0. The van der Waals surface area contributed by atoms with Crippen LogP contribution in [0.3, 0.4) is 0 Å². The van der Waals surface area contributed by atoms with E-state index in [1.54, 1.807) is 0 Å². The second-order valence-electron chi connectivity index (χ2n) is 16.1. The van der Waals surface area contributed by atoms with Crippen LogP contribution in [0.5, 0.6) is 0 Å². The fourth-order valence-electron chi connectivity index (χ4n) is 10.2. The van der Waals surface area contributed by atoms with Crippen LogP contribution < -0.4 is 4.90 Å². The zero-order valence-corrected chi connectivity index (χ0v) is 30.5. The van der Waals surface area contributed by atoms with Crippen LogP contribution in [0.1, 0.15) is 49.9 Å². The maximum absolute atomic E-state index is 2.50. The number of rotatable bonds is 3. The van der Waals surface area contributed by atoms with E-state index in [9.17, 15) is 0 Å². The third kappa shape index (κ3) is 4.08. The van der Waals surface area contributed by atoms with Crippen LogP contribution in [0.2, 0.25) is 0 Å². The Morgan fingerprint density at radius 1 is 0.358 bits per heavy atom. The average Bonchev–Trinajstić information content (AvgIpc) is 3.58. The molecule has 0 unspecified atom stereocenters. The fourth-order valence-corrected chi connectivity index (χ4v) is 10.2. The molecule has 53 heavy (non-hydrogen) atoms. The van der Waals surface area contributed by atoms with E-state index in [0.29, 0.717) is 0 Å². The molecule has 2 aliphatic rings. The van der Waals surface area contributed by atoms with Gasteiger partial charge in [0.05, 0.1) is 5.69 Å². The minimum absolute atomic E-state index is 0.132. The van der Waals surface area contributed by atoms with E-state index in [0.717, 1.165) is 11.4 Å². The maximum atomic E-state index is 2.50. The van der Waals surface area contributed by atoms with Crippen molar-refractivity contribution in [2.45, 2.75) is 38.5 Å². The van der Waals surface area contributed by atoms with E-state index >= 15 is 0 Å². The number of nitrogens with zero attached hydrogens (tertiary/aromatic N) is 1. The molecule has 11 rings (SSSR count). The Morgan fingerprint density at radius 3 is 1.64 bits per heavy atom. The predicted octanol–water partition coefficient (Wildman–Crippen LogP) is 14.4. The SMILES string of the molecule is CC1(C)c2ccc3ccccc3c2-c2c1cc(N(c1ccccc1)c1ccc3c4c(ccc3c1)-c1ccc3ccccc3c1C4(C)C)c1ccccc21. The molecule has 0 saturated heterocycles. The number of fused-ring (bicyclic) bond motifs is 14. The van der Waals surface area contributed by atoms with Crippen LogP contribution in [0.25, 0.3) is 65.3 Å². The Kier molecular flexibility index (Phi) is 6.14. The fraction of sp³-hybridized carbons (Fsp3) is 0.115. The van der Waals surface area contributed by atoms with Gasteiger partial charge < -0.3 is 4.90 Å². The zero-order valence-electron chi connectivity index (χ0n) is 30.5. The highest BCUT2D eigenvalue weighted by atomic mass is 15.1. The third-order valence-electron chi connectivity index (χ3n) is 12.5. The topological polar surface area (TPSA) is 3.24 Å². The first kappa shape index (κ1) is 30.4. The summed E-state index contributed by atoms with van der Waals surface area (Å²) in [5.74, 6) is 0. The molecular weight excluding hydrogens is 639 g/mol. The van der Waals surface area contributed by atoms with Gasteiger partial charge in [-0.2, -0.15) is 0 Å². The molecule has 0 amide bonds. The van der Waals surface area contributed by atoms with Crippen molar-refractivity contribution >= 4 is 60.2 Å². The highest BCUT2D eigenvalue weighted by molar-refractivity contribution is 6.15. The first-order valence-corrected chi connectivity index (χ1v) is 18.9. The van der Waals surface area contributed by atoms with Gasteiger partial charge >= 0.3 is 0 Å². The molecule has 0 radical (unpaired) electrons. The van der Waals surface area contributed by atoms with Gasteiger partial charge in [-0.15, -0.1) is 0 Å². The van der Waals surface area contributed by atoms with E-state index in [1.807, 2.05) is 0 Å². The zero-order chi connectivity index (χ0) is 35.6. The molecule has 0 saturated carbocycles. The largest absolute Gasteiger partial charge is 0.310 e. The van der Waals surface area contributed by atoms with Crippen molar-refractivity contribution in [3.8, 4) is 22.3 Å². The quantitative estimate of drug-likeness (QED) is 0.180. The second-order valence-corrected chi connectivity index (χ2v) is 16.1. The lowest BCUT2D eigenvalue weighted by atomic mass is 9.78. The molecule has 0 atom stereocenters. The Hall–Kier alpha value is -6.18. The van der Waals surface area contributed by atoms with E-state index in [4.69, 9.17) is 0 Å². The summed E-state index contributed by atoms with van der Waals surface area (Å²) < 4.78 is 0. The summed E-state index contributed by atoms with van der Waals surface area (Å²) >= 11 is 0. The number of benzene rings is 9. The standard InChI is InChI=1S/C52H39N/c1-51(2)44-29-24-32-14-8-10-18-37(32)47(44)48-41-21-13-12-20-40(41)46(31-45(48)51)53(35-16-6-5-7-17-35)36-25-28-39-34(30-36)23-27-43-42-26-22-33-15-9-11-19-38(33)49(42)52(3,4)50(39)43/h5-31H,1-4H3. The van der Waals surface area contributed by atoms with Gasteiger partial charge in [-0.05, 0) is 113 Å². The van der Waals surface area contributed by atoms with Gasteiger partial charge in [-0.1, -0.05) is 161 Å². The van der Waals surface area contributed by atoms with Crippen LogP contribution in [0, 0.1) is 0 Å². The van der Waals surface area contributed by atoms with Gasteiger partial charge in [0, 0.05) is 27.6 Å². The van der Waals surface area contributed by atoms with Crippen molar-refractivity contribution in [1.29, 1.82) is 0 Å². The van der Waals surface area contributed by atoms with E-state index < -0.39 is 0 Å². The molecule has 9 aromatic rings. The Balaban J connectivity index is 1.15. The molecule has 0 aromatic heterocycles. The molecule has 0 aliphatic heterocycles. The summed E-state index contributed by atoms with van der Waals surface area (Å²) in [6.45, 7) is 9.62. The summed E-state index contributed by atoms with van der Waals surface area (Å²) in [4.78, 5) is 2.49. The van der Waals surface area contributed by atoms with Gasteiger partial charge in [0.2, 0.25) is 0 Å². The van der Waals surface area contributed by atoms with Crippen molar-refractivity contribution in [3.05, 3.63) is 186 Å². The number of hydrogen-bond acceptors (Lipinski definition) is 1. The van der Waals surface area contributed by atoms with Crippen molar-refractivity contribution in [2.24, 2.45) is 0 Å². The van der Waals surface area contributed by atoms with Crippen molar-refractivity contribution in [2.75, 3.05) is 4.90 Å². The van der Waals surface area contributed by atoms with E-state index in [2.05, 4.69) is 196 Å². The minimum Gasteiger partial charge on any atom is -0.310 e.